The number of cyclic esters (lactones) is 1. The lowest BCUT2D eigenvalue weighted by atomic mass is 9.97. The molecule has 3 aromatic rings. The lowest BCUT2D eigenvalue weighted by Gasteiger charge is -2.30. The van der Waals surface area contributed by atoms with E-state index in [0.717, 1.165) is 4.90 Å². The van der Waals surface area contributed by atoms with Gasteiger partial charge in [0.15, 0.2) is 0 Å². The highest BCUT2D eigenvalue weighted by Gasteiger charge is 2.34. The van der Waals surface area contributed by atoms with E-state index >= 15 is 0 Å². The van der Waals surface area contributed by atoms with E-state index in [4.69, 9.17) is 14.2 Å². The molecule has 0 spiro atoms. The fourth-order valence-corrected chi connectivity index (χ4v) is 6.04. The summed E-state index contributed by atoms with van der Waals surface area (Å²) in [7, 11) is -1.29. The molecule has 1 N–H and O–H groups in total. The molecule has 0 radical (unpaired) electrons. The van der Waals surface area contributed by atoms with Gasteiger partial charge in [0.05, 0.1) is 48.2 Å². The number of hydrogen-bond acceptors (Lipinski definition) is 9. The Morgan fingerprint density at radius 3 is 2.36 bits per heavy atom. The molecule has 2 amide bonds. The number of rotatable bonds is 5. The van der Waals surface area contributed by atoms with Crippen molar-refractivity contribution in [3.05, 3.63) is 77.4 Å². The van der Waals surface area contributed by atoms with Gasteiger partial charge in [-0.05, 0) is 60.5 Å². The summed E-state index contributed by atoms with van der Waals surface area (Å²) in [5, 5.41) is 3.23. The molecule has 0 atom stereocenters. The molecule has 0 bridgehead atoms. The molecule has 11 nitrogen and oxygen atoms in total. The van der Waals surface area contributed by atoms with Gasteiger partial charge in [0.2, 0.25) is 0 Å². The zero-order valence-electron chi connectivity index (χ0n) is 21.2. The lowest BCUT2D eigenvalue weighted by molar-refractivity contribution is 0.0592. The Kier molecular flexibility index (Phi) is 6.87. The number of carbonyl (C=O) groups excluding carboxylic acids is 3. The van der Waals surface area contributed by atoms with Crippen molar-refractivity contribution in [3.8, 4) is 5.75 Å². The number of sulfonamides is 1. The standard InChI is InChI=1S/C27H25N3O8S/c1-36-18-7-9-19(10-8-18)39(34,35)30-12-11-17-15-20(25(31)29-13-14-38-27(29)33)21(26(32)37-2)16-23(17)28-22-5-3-4-6-24(22)30/h3-10,15-16,28H,11-14H2,1-2H3. The fraction of sp³-hybridized carbons (Fsp3) is 0.222. The van der Waals surface area contributed by atoms with E-state index in [0.29, 0.717) is 28.4 Å². The van der Waals surface area contributed by atoms with E-state index in [-0.39, 0.29) is 42.1 Å². The summed E-state index contributed by atoms with van der Waals surface area (Å²) in [5.74, 6) is -0.932. The maximum absolute atomic E-state index is 13.8. The predicted octanol–water partition coefficient (Wildman–Crippen LogP) is 3.57. The Morgan fingerprint density at radius 1 is 0.949 bits per heavy atom. The Balaban J connectivity index is 1.60. The van der Waals surface area contributed by atoms with Gasteiger partial charge in [0.1, 0.15) is 12.4 Å². The number of nitrogens with zero attached hydrogens (tertiary/aromatic N) is 2. The van der Waals surface area contributed by atoms with E-state index in [9.17, 15) is 22.8 Å². The number of para-hydroxylation sites is 2. The molecule has 0 aromatic heterocycles. The van der Waals surface area contributed by atoms with Gasteiger partial charge in [0.25, 0.3) is 15.9 Å². The van der Waals surface area contributed by atoms with Gasteiger partial charge in [0, 0.05) is 12.2 Å². The number of imide groups is 1. The minimum absolute atomic E-state index is 0.0331. The van der Waals surface area contributed by atoms with Crippen molar-refractivity contribution in [1.82, 2.24) is 4.90 Å². The normalized spacial score (nSPS) is 14.8. The third-order valence-electron chi connectivity index (χ3n) is 6.56. The molecule has 5 rings (SSSR count). The molecule has 1 saturated heterocycles. The quantitative estimate of drug-likeness (QED) is 0.473. The van der Waals surface area contributed by atoms with Crippen LogP contribution in [0.3, 0.4) is 0 Å². The lowest BCUT2D eigenvalue weighted by Crippen LogP contribution is -2.35. The number of hydrogen-bond donors (Lipinski definition) is 1. The maximum atomic E-state index is 13.8. The van der Waals surface area contributed by atoms with Crippen molar-refractivity contribution < 1.29 is 37.0 Å². The third-order valence-corrected chi connectivity index (χ3v) is 8.39. The molecule has 202 valence electrons. The number of methoxy groups -OCH3 is 2. The average molecular weight is 552 g/mol. The average Bonchev–Trinajstić information content (AvgIpc) is 3.37. The molecule has 2 heterocycles. The monoisotopic (exact) mass is 551 g/mol. The first-order chi connectivity index (χ1) is 18.7. The van der Waals surface area contributed by atoms with Crippen LogP contribution in [-0.4, -0.2) is 65.2 Å². The Morgan fingerprint density at radius 2 is 1.69 bits per heavy atom. The summed E-state index contributed by atoms with van der Waals surface area (Å²) < 4.78 is 43.8. The van der Waals surface area contributed by atoms with Crippen LogP contribution in [0.1, 0.15) is 26.3 Å². The van der Waals surface area contributed by atoms with E-state index in [2.05, 4.69) is 5.32 Å². The molecule has 2 aliphatic rings. The highest BCUT2D eigenvalue weighted by molar-refractivity contribution is 7.92. The van der Waals surface area contributed by atoms with E-state index in [1.54, 1.807) is 36.4 Å². The molecule has 0 saturated carbocycles. The second-order valence-corrected chi connectivity index (χ2v) is 10.6. The summed E-state index contributed by atoms with van der Waals surface area (Å²) in [4.78, 5) is 39.0. The van der Waals surface area contributed by atoms with Crippen molar-refractivity contribution in [2.24, 2.45) is 0 Å². The zero-order chi connectivity index (χ0) is 27.7. The first kappa shape index (κ1) is 26.0. The van der Waals surface area contributed by atoms with Gasteiger partial charge >= 0.3 is 12.1 Å². The van der Waals surface area contributed by atoms with E-state index in [1.165, 1.54) is 42.8 Å². The van der Waals surface area contributed by atoms with Crippen LogP contribution < -0.4 is 14.4 Å². The topological polar surface area (TPSA) is 132 Å². The van der Waals surface area contributed by atoms with Crippen LogP contribution >= 0.6 is 0 Å². The highest BCUT2D eigenvalue weighted by atomic mass is 32.2. The van der Waals surface area contributed by atoms with Gasteiger partial charge in [-0.2, -0.15) is 0 Å². The molecule has 1 fully saturated rings. The van der Waals surface area contributed by atoms with Crippen molar-refractivity contribution >= 4 is 45.1 Å². The minimum Gasteiger partial charge on any atom is -0.497 e. The molecule has 0 aliphatic carbocycles. The molecular formula is C27H25N3O8S. The van der Waals surface area contributed by atoms with Crippen molar-refractivity contribution in [3.63, 3.8) is 0 Å². The number of esters is 1. The van der Waals surface area contributed by atoms with E-state index < -0.39 is 28.0 Å². The fourth-order valence-electron chi connectivity index (χ4n) is 4.56. The highest BCUT2D eigenvalue weighted by Crippen LogP contribution is 2.37. The predicted molar refractivity (Wildman–Crippen MR) is 141 cm³/mol. The molecule has 3 aromatic carbocycles. The molecular weight excluding hydrogens is 526 g/mol. The summed E-state index contributed by atoms with van der Waals surface area (Å²) in [6.45, 7) is 0.144. The smallest absolute Gasteiger partial charge is 0.416 e. The van der Waals surface area contributed by atoms with Gasteiger partial charge in [-0.3, -0.25) is 9.10 Å². The summed E-state index contributed by atoms with van der Waals surface area (Å²) in [6.07, 6.45) is -0.607. The number of fused-ring (bicyclic) bond motifs is 2. The van der Waals surface area contributed by atoms with Gasteiger partial charge < -0.3 is 19.5 Å². The van der Waals surface area contributed by atoms with Crippen LogP contribution in [0, 0.1) is 0 Å². The van der Waals surface area contributed by atoms with Crippen LogP contribution in [0.15, 0.2) is 65.6 Å². The second-order valence-electron chi connectivity index (χ2n) is 8.76. The van der Waals surface area contributed by atoms with Crippen LogP contribution in [0.25, 0.3) is 0 Å². The minimum atomic E-state index is -3.99. The Labute approximate surface area is 224 Å². The van der Waals surface area contributed by atoms with Crippen molar-refractivity contribution in [1.29, 1.82) is 0 Å². The van der Waals surface area contributed by atoms with Crippen LogP contribution in [0.2, 0.25) is 0 Å². The number of benzene rings is 3. The summed E-state index contributed by atoms with van der Waals surface area (Å²) in [5.41, 5.74) is 1.90. The molecule has 2 aliphatic heterocycles. The largest absolute Gasteiger partial charge is 0.497 e. The Hall–Kier alpha value is -4.58. The van der Waals surface area contributed by atoms with Crippen molar-refractivity contribution in [2.75, 3.05) is 43.5 Å². The molecule has 0 unspecified atom stereocenters. The number of carbonyl (C=O) groups is 3. The summed E-state index contributed by atoms with van der Waals surface area (Å²) in [6, 6.07) is 16.0. The van der Waals surface area contributed by atoms with Gasteiger partial charge in [-0.1, -0.05) is 12.1 Å². The number of ether oxygens (including phenoxy) is 3. The molecule has 39 heavy (non-hydrogen) atoms. The van der Waals surface area contributed by atoms with Gasteiger partial charge in [-0.15, -0.1) is 0 Å². The SMILES string of the molecule is COC(=O)c1cc2c(cc1C(=O)N1CCOC1=O)CCN(S(=O)(=O)c1ccc(OC)cc1)c1ccccc1N2. The summed E-state index contributed by atoms with van der Waals surface area (Å²) >= 11 is 0. The number of amides is 2. The first-order valence-electron chi connectivity index (χ1n) is 12.0. The van der Waals surface area contributed by atoms with Crippen LogP contribution in [0.5, 0.6) is 5.75 Å². The second kappa shape index (κ2) is 10.3. The van der Waals surface area contributed by atoms with Crippen molar-refractivity contribution in [2.45, 2.75) is 11.3 Å². The maximum Gasteiger partial charge on any atom is 0.416 e. The van der Waals surface area contributed by atoms with Crippen LogP contribution in [0.4, 0.5) is 21.9 Å². The van der Waals surface area contributed by atoms with Crippen LogP contribution in [-0.2, 0) is 25.9 Å². The molecule has 12 heteroatoms. The number of nitrogens with one attached hydrogen (secondary N) is 1. The van der Waals surface area contributed by atoms with Gasteiger partial charge in [-0.25, -0.2) is 22.9 Å². The number of anilines is 3. The Bertz CT molecular complexity index is 1570. The first-order valence-corrected chi connectivity index (χ1v) is 13.5. The zero-order valence-corrected chi connectivity index (χ0v) is 22.0. The third kappa shape index (κ3) is 4.74. The van der Waals surface area contributed by atoms with E-state index in [1.807, 2.05) is 0 Å².